The van der Waals surface area contributed by atoms with Crippen molar-refractivity contribution in [1.82, 2.24) is 4.90 Å². The normalized spacial score (nSPS) is 21.7. The molecule has 0 saturated carbocycles. The first-order valence-corrected chi connectivity index (χ1v) is 19.3. The van der Waals surface area contributed by atoms with Crippen molar-refractivity contribution in [3.05, 3.63) is 0 Å². The number of aliphatic hydroxyl groups excluding tert-OH is 3. The van der Waals surface area contributed by atoms with E-state index in [4.69, 9.17) is 15.2 Å². The number of hydrogen-bond donors (Lipinski definition) is 4. The Kier molecular flexibility index (Phi) is 27.3. The quantitative estimate of drug-likeness (QED) is 0.0580. The van der Waals surface area contributed by atoms with Crippen LogP contribution in [0.2, 0.25) is 0 Å². The number of hydrogen-bond acceptors (Lipinski definition) is 7. The fraction of sp³-hybridized carbons (Fsp3) is 0.973. The molecule has 0 aliphatic carbocycles. The first-order chi connectivity index (χ1) is 22.0. The number of carbonyl (C=O) groups excluding carboxylic acids is 1. The van der Waals surface area contributed by atoms with Crippen molar-refractivity contribution in [2.75, 3.05) is 19.8 Å². The molecule has 1 aliphatic heterocycles. The van der Waals surface area contributed by atoms with Gasteiger partial charge in [0.25, 0.3) is 0 Å². The van der Waals surface area contributed by atoms with Crippen molar-refractivity contribution < 1.29 is 29.6 Å². The zero-order valence-corrected chi connectivity index (χ0v) is 29.5. The lowest BCUT2D eigenvalue weighted by molar-refractivity contribution is -0.221. The minimum atomic E-state index is -1.30. The summed E-state index contributed by atoms with van der Waals surface area (Å²) in [5, 5.41) is 30.4. The molecular weight excluding hydrogens is 568 g/mol. The molecule has 0 unspecified atom stereocenters. The highest BCUT2D eigenvalue weighted by Gasteiger charge is 2.46. The second-order valence-electron chi connectivity index (χ2n) is 13.6. The van der Waals surface area contributed by atoms with Crippen LogP contribution in [0, 0.1) is 0 Å². The molecule has 0 bridgehead atoms. The van der Waals surface area contributed by atoms with Crippen LogP contribution in [0.5, 0.6) is 0 Å². The third kappa shape index (κ3) is 20.1. The van der Waals surface area contributed by atoms with Gasteiger partial charge in [-0.05, 0) is 12.8 Å². The average molecular weight is 643 g/mol. The minimum Gasteiger partial charge on any atom is -0.449 e. The number of unbranched alkanes of at least 4 members (excludes halogenated alkanes) is 24. The zero-order valence-electron chi connectivity index (χ0n) is 29.5. The van der Waals surface area contributed by atoms with E-state index >= 15 is 0 Å². The SMILES string of the molecule is CCCCCCCCCCCCCCCCCCOC(=O)N(CCCCCCCCCCCC)[C@@H]1O[C@H](CO)[C@@H](O)[C@H](O)[C@H]1N. The first kappa shape index (κ1) is 42.1. The maximum Gasteiger partial charge on any atom is 0.411 e. The average Bonchev–Trinajstić information content (AvgIpc) is 3.04. The van der Waals surface area contributed by atoms with E-state index in [1.54, 1.807) is 0 Å². The monoisotopic (exact) mass is 643 g/mol. The predicted octanol–water partition coefficient (Wildman–Crippen LogP) is 8.37. The van der Waals surface area contributed by atoms with Gasteiger partial charge >= 0.3 is 6.09 Å². The molecule has 45 heavy (non-hydrogen) atoms. The van der Waals surface area contributed by atoms with E-state index in [9.17, 15) is 20.1 Å². The second-order valence-corrected chi connectivity index (χ2v) is 13.6. The lowest BCUT2D eigenvalue weighted by Crippen LogP contribution is -2.67. The van der Waals surface area contributed by atoms with Crippen molar-refractivity contribution >= 4 is 6.09 Å². The van der Waals surface area contributed by atoms with E-state index in [1.165, 1.54) is 133 Å². The van der Waals surface area contributed by atoms with Gasteiger partial charge in [-0.3, -0.25) is 4.90 Å². The number of rotatable bonds is 30. The van der Waals surface area contributed by atoms with Crippen LogP contribution in [-0.2, 0) is 9.47 Å². The van der Waals surface area contributed by atoms with Crippen LogP contribution in [0.1, 0.15) is 181 Å². The smallest absolute Gasteiger partial charge is 0.411 e. The van der Waals surface area contributed by atoms with Crippen LogP contribution in [0.15, 0.2) is 0 Å². The molecule has 5 atom stereocenters. The van der Waals surface area contributed by atoms with E-state index in [2.05, 4.69) is 13.8 Å². The number of nitrogens with two attached hydrogens (primary N) is 1. The zero-order chi connectivity index (χ0) is 33.0. The Balaban J connectivity index is 2.28. The maximum absolute atomic E-state index is 13.2. The van der Waals surface area contributed by atoms with Crippen LogP contribution >= 0.6 is 0 Å². The third-order valence-corrected chi connectivity index (χ3v) is 9.47. The summed E-state index contributed by atoms with van der Waals surface area (Å²) in [5.74, 6) is 0. The topological polar surface area (TPSA) is 125 Å². The lowest BCUT2D eigenvalue weighted by atomic mass is 9.96. The molecule has 1 rings (SSSR count). The van der Waals surface area contributed by atoms with Gasteiger partial charge in [0, 0.05) is 6.54 Å². The van der Waals surface area contributed by atoms with Crippen molar-refractivity contribution in [3.8, 4) is 0 Å². The fourth-order valence-corrected chi connectivity index (χ4v) is 6.38. The summed E-state index contributed by atoms with van der Waals surface area (Å²) in [6, 6.07) is -0.992. The van der Waals surface area contributed by atoms with Crippen LogP contribution < -0.4 is 5.73 Å². The molecule has 0 radical (unpaired) electrons. The summed E-state index contributed by atoms with van der Waals surface area (Å²) in [5.41, 5.74) is 6.22. The Labute approximate surface area is 277 Å². The maximum atomic E-state index is 13.2. The van der Waals surface area contributed by atoms with E-state index in [1.807, 2.05) is 0 Å². The van der Waals surface area contributed by atoms with Crippen molar-refractivity contribution in [2.45, 2.75) is 211 Å². The number of amides is 1. The molecule has 1 amide bonds. The molecule has 1 saturated heterocycles. The summed E-state index contributed by atoms with van der Waals surface area (Å²) in [4.78, 5) is 14.6. The molecule has 1 aliphatic rings. The number of carbonyl (C=O) groups is 1. The van der Waals surface area contributed by atoms with Gasteiger partial charge in [-0.15, -0.1) is 0 Å². The van der Waals surface area contributed by atoms with Crippen molar-refractivity contribution in [2.24, 2.45) is 5.73 Å². The molecule has 5 N–H and O–H groups in total. The highest BCUT2D eigenvalue weighted by Crippen LogP contribution is 2.24. The van der Waals surface area contributed by atoms with Gasteiger partial charge in [-0.25, -0.2) is 4.79 Å². The number of aliphatic hydroxyl groups is 3. The van der Waals surface area contributed by atoms with E-state index < -0.39 is 43.3 Å². The Morgan fingerprint density at radius 3 is 1.40 bits per heavy atom. The van der Waals surface area contributed by atoms with Crippen LogP contribution in [0.3, 0.4) is 0 Å². The Morgan fingerprint density at radius 1 is 0.622 bits per heavy atom. The summed E-state index contributed by atoms with van der Waals surface area (Å²) in [6.07, 6.45) is 27.4. The summed E-state index contributed by atoms with van der Waals surface area (Å²) >= 11 is 0. The molecule has 0 aromatic carbocycles. The molecule has 0 aromatic heterocycles. The molecule has 0 aromatic rings. The van der Waals surface area contributed by atoms with Crippen LogP contribution in [0.25, 0.3) is 0 Å². The van der Waals surface area contributed by atoms with E-state index in [0.717, 1.165) is 38.5 Å². The third-order valence-electron chi connectivity index (χ3n) is 9.47. The Hall–Kier alpha value is -0.930. The minimum absolute atomic E-state index is 0.336. The van der Waals surface area contributed by atoms with Crippen molar-refractivity contribution in [1.29, 1.82) is 0 Å². The van der Waals surface area contributed by atoms with Gasteiger partial charge in [0.1, 0.15) is 18.3 Å². The molecule has 268 valence electrons. The summed E-state index contributed by atoms with van der Waals surface area (Å²) in [7, 11) is 0. The second kappa shape index (κ2) is 29.2. The van der Waals surface area contributed by atoms with Gasteiger partial charge in [0.2, 0.25) is 0 Å². The van der Waals surface area contributed by atoms with Gasteiger partial charge in [-0.2, -0.15) is 0 Å². The summed E-state index contributed by atoms with van der Waals surface area (Å²) in [6.45, 7) is 4.77. The Bertz CT molecular complexity index is 667. The molecule has 0 spiro atoms. The van der Waals surface area contributed by atoms with E-state index in [-0.39, 0.29) is 0 Å². The standard InChI is InChI=1S/C37H74N2O6/c1-3-5-7-9-11-13-15-16-17-18-19-20-22-24-26-28-30-44-37(43)39(29-27-25-23-21-14-12-10-8-6-4-2)36-33(38)35(42)34(41)32(31-40)45-36/h32-36,40-42H,3-31,38H2,1-2H3/t32-,33-,34-,35-,36-/m1/s1. The molecule has 1 fully saturated rings. The first-order valence-electron chi connectivity index (χ1n) is 19.3. The van der Waals surface area contributed by atoms with Crippen molar-refractivity contribution in [3.63, 3.8) is 0 Å². The van der Waals surface area contributed by atoms with Crippen LogP contribution in [-0.4, -0.2) is 76.7 Å². The number of ether oxygens (including phenoxy) is 2. The van der Waals surface area contributed by atoms with Gasteiger partial charge in [0.15, 0.2) is 6.23 Å². The fourth-order valence-electron chi connectivity index (χ4n) is 6.38. The van der Waals surface area contributed by atoms with Gasteiger partial charge < -0.3 is 30.5 Å². The molecule has 8 nitrogen and oxygen atoms in total. The molecule has 8 heteroatoms. The lowest BCUT2D eigenvalue weighted by Gasteiger charge is -2.44. The highest BCUT2D eigenvalue weighted by atomic mass is 16.6. The molecular formula is C37H74N2O6. The van der Waals surface area contributed by atoms with Crippen LogP contribution in [0.4, 0.5) is 4.79 Å². The number of nitrogens with zero attached hydrogens (tertiary/aromatic N) is 1. The molecule has 1 heterocycles. The summed E-state index contributed by atoms with van der Waals surface area (Å²) < 4.78 is 11.5. The Morgan fingerprint density at radius 2 is 1.00 bits per heavy atom. The highest BCUT2D eigenvalue weighted by molar-refractivity contribution is 5.68. The van der Waals surface area contributed by atoms with Gasteiger partial charge in [-0.1, -0.05) is 168 Å². The van der Waals surface area contributed by atoms with E-state index in [0.29, 0.717) is 13.2 Å². The predicted molar refractivity (Wildman–Crippen MR) is 185 cm³/mol. The largest absolute Gasteiger partial charge is 0.449 e. The van der Waals surface area contributed by atoms with Gasteiger partial charge in [0.05, 0.1) is 19.3 Å².